The number of pyridine rings is 1. The van der Waals surface area contributed by atoms with Crippen molar-refractivity contribution in [2.45, 2.75) is 16.7 Å². The summed E-state index contributed by atoms with van der Waals surface area (Å²) in [4.78, 5) is 12.3. The van der Waals surface area contributed by atoms with Crippen molar-refractivity contribution in [2.24, 2.45) is 0 Å². The van der Waals surface area contributed by atoms with Crippen LogP contribution < -0.4 is 14.7 Å². The maximum absolute atomic E-state index is 8.10. The number of aryl methyl sites for hydroxylation is 1. The standard InChI is InChI=1S/C44H31N4S.Pd/c1-30-25-44(45-28-39(30)31-13-4-3-5-14-31)48-40-20-9-8-19-37(40)35-17-6-7-18-36(35)38-24-23-34(27-43(38)48)49-33-16-12-15-32(26-33)47-29-46(2)41-21-10-11-22-42(41)47;/h3-25,28-29H,1-2H3;/q-3;/i2D3;. The Labute approximate surface area is 315 Å². The molecule has 9 rings (SSSR count). The Hall–Kier alpha value is -5.12. The molecule has 0 aliphatic carbocycles. The number of fused-ring (bicyclic) bond motifs is 6. The molecule has 0 N–H and O–H groups in total. The minimum absolute atomic E-state index is 0. The summed E-state index contributed by atoms with van der Waals surface area (Å²) in [5.41, 5.74) is 12.0. The fraction of sp³-hybridized carbons (Fsp3) is 0.0455. The van der Waals surface area contributed by atoms with E-state index in [1.54, 1.807) is 18.4 Å². The van der Waals surface area contributed by atoms with Crippen LogP contribution in [0.1, 0.15) is 9.68 Å². The van der Waals surface area contributed by atoms with Gasteiger partial charge in [-0.1, -0.05) is 96.2 Å². The average Bonchev–Trinajstić information content (AvgIpc) is 3.52. The predicted molar refractivity (Wildman–Crippen MR) is 203 cm³/mol. The van der Waals surface area contributed by atoms with E-state index in [-0.39, 0.29) is 20.4 Å². The third-order valence-electron chi connectivity index (χ3n) is 9.05. The summed E-state index contributed by atoms with van der Waals surface area (Å²) < 4.78 is 24.3. The van der Waals surface area contributed by atoms with Gasteiger partial charge in [-0.15, -0.1) is 51.0 Å². The molecule has 0 radical (unpaired) electrons. The molecular weight excluding hydrogens is 723 g/mol. The Kier molecular flexibility index (Phi) is 7.63. The van der Waals surface area contributed by atoms with Crippen LogP contribution in [0.4, 0.5) is 34.3 Å². The molecule has 0 saturated heterocycles. The Balaban J connectivity index is 0.00000400. The van der Waals surface area contributed by atoms with Gasteiger partial charge < -0.3 is 14.7 Å². The summed E-state index contributed by atoms with van der Waals surface area (Å²) >= 11 is 1.57. The second-order valence-electron chi connectivity index (χ2n) is 12.1. The molecule has 3 heterocycles. The third kappa shape index (κ3) is 5.60. The summed E-state index contributed by atoms with van der Waals surface area (Å²) in [5, 5.41) is 0. The largest absolute Gasteiger partial charge is 0.504 e. The van der Waals surface area contributed by atoms with Gasteiger partial charge in [0.15, 0.2) is 0 Å². The van der Waals surface area contributed by atoms with Crippen LogP contribution in [-0.4, -0.2) is 12.0 Å². The third-order valence-corrected chi connectivity index (χ3v) is 9.96. The summed E-state index contributed by atoms with van der Waals surface area (Å²) in [7, 11) is 0. The molecule has 0 fully saturated rings. The molecule has 0 bridgehead atoms. The van der Waals surface area contributed by atoms with Gasteiger partial charge in [0, 0.05) is 53.2 Å². The second kappa shape index (κ2) is 13.3. The van der Waals surface area contributed by atoms with Crippen LogP contribution in [0.2, 0.25) is 0 Å². The van der Waals surface area contributed by atoms with Crippen molar-refractivity contribution in [1.29, 1.82) is 0 Å². The molecule has 1 aromatic heterocycles. The van der Waals surface area contributed by atoms with Crippen LogP contribution in [0.3, 0.4) is 0 Å². The van der Waals surface area contributed by atoms with E-state index >= 15 is 0 Å². The number of hydrogen-bond acceptors (Lipinski definition) is 5. The van der Waals surface area contributed by atoms with E-state index in [9.17, 15) is 0 Å². The monoisotopic (exact) mass is 756 g/mol. The fourth-order valence-electron chi connectivity index (χ4n) is 6.77. The zero-order valence-electron chi connectivity index (χ0n) is 29.9. The van der Waals surface area contributed by atoms with Crippen LogP contribution >= 0.6 is 11.8 Å². The van der Waals surface area contributed by atoms with Crippen molar-refractivity contribution in [1.82, 2.24) is 4.98 Å². The predicted octanol–water partition coefficient (Wildman–Crippen LogP) is 11.6. The number of anilines is 6. The van der Waals surface area contributed by atoms with Crippen molar-refractivity contribution in [3.63, 3.8) is 0 Å². The molecule has 7 aromatic rings. The number of hydrogen-bond donors (Lipinski definition) is 0. The molecule has 2 aliphatic rings. The van der Waals surface area contributed by atoms with E-state index in [2.05, 4.69) is 115 Å². The molecule has 6 heteroatoms. The normalized spacial score (nSPS) is 13.9. The van der Waals surface area contributed by atoms with E-state index in [0.717, 1.165) is 77.3 Å². The van der Waals surface area contributed by atoms with Crippen molar-refractivity contribution >= 4 is 46.0 Å². The van der Waals surface area contributed by atoms with Crippen molar-refractivity contribution in [3.05, 3.63) is 170 Å². The quantitative estimate of drug-likeness (QED) is 0.128. The van der Waals surface area contributed by atoms with E-state index in [4.69, 9.17) is 9.10 Å². The smallest absolute Gasteiger partial charge is 0.135 e. The maximum atomic E-state index is 8.10. The summed E-state index contributed by atoms with van der Waals surface area (Å²) in [6.07, 6.45) is 1.97. The maximum Gasteiger partial charge on any atom is 0.135 e. The van der Waals surface area contributed by atoms with Crippen LogP contribution in [0, 0.1) is 25.7 Å². The first kappa shape index (κ1) is 28.7. The van der Waals surface area contributed by atoms with Crippen LogP contribution in [0.25, 0.3) is 33.4 Å². The molecule has 4 nitrogen and oxygen atoms in total. The van der Waals surface area contributed by atoms with Gasteiger partial charge >= 0.3 is 0 Å². The topological polar surface area (TPSA) is 22.6 Å². The zero-order chi connectivity index (χ0) is 35.4. The van der Waals surface area contributed by atoms with Gasteiger partial charge in [0.25, 0.3) is 0 Å². The number of rotatable bonds is 5. The number of nitrogens with zero attached hydrogens (tertiary/aromatic N) is 4. The molecule has 0 amide bonds. The molecule has 0 atom stereocenters. The van der Waals surface area contributed by atoms with Crippen molar-refractivity contribution in [3.8, 4) is 33.4 Å². The molecule has 0 saturated carbocycles. The van der Waals surface area contributed by atoms with Gasteiger partial charge in [0.2, 0.25) is 0 Å². The van der Waals surface area contributed by atoms with Gasteiger partial charge in [0.1, 0.15) is 5.82 Å². The summed E-state index contributed by atoms with van der Waals surface area (Å²) in [6, 6.07) is 54.7. The molecule has 246 valence electrons. The Bertz CT molecular complexity index is 2470. The minimum Gasteiger partial charge on any atom is -0.504 e. The Morgan fingerprint density at radius 1 is 0.640 bits per heavy atom. The number of benzene rings is 6. The van der Waals surface area contributed by atoms with E-state index in [1.165, 1.54) is 4.90 Å². The van der Waals surface area contributed by atoms with Gasteiger partial charge in [-0.05, 0) is 54.9 Å². The Morgan fingerprint density at radius 2 is 1.32 bits per heavy atom. The molecule has 2 aliphatic heterocycles. The molecule has 0 spiro atoms. The zero-order valence-corrected chi connectivity index (χ0v) is 29.3. The molecule has 6 aromatic carbocycles. The van der Waals surface area contributed by atoms with E-state index in [0.29, 0.717) is 5.69 Å². The molecule has 50 heavy (non-hydrogen) atoms. The summed E-state index contributed by atoms with van der Waals surface area (Å²) in [6.45, 7) is 1.46. The van der Waals surface area contributed by atoms with Gasteiger partial charge in [-0.2, -0.15) is 30.9 Å². The van der Waals surface area contributed by atoms with Crippen LogP contribution in [0.5, 0.6) is 0 Å². The van der Waals surface area contributed by atoms with Gasteiger partial charge in [-0.25, -0.2) is 4.98 Å². The van der Waals surface area contributed by atoms with Gasteiger partial charge in [0.05, 0.1) is 5.69 Å². The van der Waals surface area contributed by atoms with Crippen LogP contribution in [0.15, 0.2) is 156 Å². The fourth-order valence-corrected chi connectivity index (χ4v) is 7.59. The number of aromatic nitrogens is 1. The van der Waals surface area contributed by atoms with E-state index in [1.807, 2.05) is 59.6 Å². The summed E-state index contributed by atoms with van der Waals surface area (Å²) in [5.74, 6) is 0.813. The first-order valence-corrected chi connectivity index (χ1v) is 17.0. The minimum atomic E-state index is -2.31. The van der Waals surface area contributed by atoms with Gasteiger partial charge in [-0.3, -0.25) is 0 Å². The number of para-hydroxylation sites is 3. The van der Waals surface area contributed by atoms with Crippen LogP contribution in [-0.2, 0) is 20.4 Å². The van der Waals surface area contributed by atoms with E-state index < -0.39 is 6.98 Å². The average molecular weight is 757 g/mol. The Morgan fingerprint density at radius 3 is 2.10 bits per heavy atom. The second-order valence-corrected chi connectivity index (χ2v) is 13.1. The first-order chi connectivity index (χ1) is 25.3. The first-order valence-electron chi connectivity index (χ1n) is 17.6. The van der Waals surface area contributed by atoms with Crippen molar-refractivity contribution in [2.75, 3.05) is 21.7 Å². The molecular formula is C44H31N4PdS-3. The SMILES string of the molecule is [2H]C([2H])([2H])N1[CH-]N(c2[c-]c(Sc3[c-]c4c(cc3)-c3ccccc3-c3ccccc3N4c3cc(C)c(-c4ccccc4)cn3)ccc2)c2ccccc21.[Pd]. The van der Waals surface area contributed by atoms with Crippen molar-refractivity contribution < 1.29 is 24.5 Å². The molecule has 0 unspecified atom stereocenters.